The quantitative estimate of drug-likeness (QED) is 0.367. The van der Waals surface area contributed by atoms with Gasteiger partial charge in [-0.3, -0.25) is 9.89 Å². The first-order valence-electron chi connectivity index (χ1n) is 11.6. The molecule has 0 aliphatic carbocycles. The fourth-order valence-electron chi connectivity index (χ4n) is 5.85. The number of anilines is 2. The van der Waals surface area contributed by atoms with Crippen LogP contribution in [0.3, 0.4) is 0 Å². The van der Waals surface area contributed by atoms with Gasteiger partial charge in [0.15, 0.2) is 5.65 Å². The van der Waals surface area contributed by atoms with Crippen LogP contribution in [0.15, 0.2) is 36.8 Å². The topological polar surface area (TPSA) is 142 Å². The number of nitrogen functional groups attached to an aromatic ring is 1. The van der Waals surface area contributed by atoms with Gasteiger partial charge in [0.05, 0.1) is 11.9 Å². The van der Waals surface area contributed by atoms with Crippen LogP contribution in [0.25, 0.3) is 16.8 Å². The second-order valence-electron chi connectivity index (χ2n) is 9.35. The molecule has 11 heteroatoms. The van der Waals surface area contributed by atoms with Crippen LogP contribution in [0.5, 0.6) is 0 Å². The molecule has 0 spiro atoms. The maximum atomic E-state index is 13.0. The summed E-state index contributed by atoms with van der Waals surface area (Å²) >= 11 is 0. The Morgan fingerprint density at radius 1 is 1.15 bits per heavy atom. The van der Waals surface area contributed by atoms with E-state index in [4.69, 9.17) is 10.7 Å². The van der Waals surface area contributed by atoms with E-state index in [1.807, 2.05) is 17.2 Å². The van der Waals surface area contributed by atoms with E-state index in [0.717, 1.165) is 60.4 Å². The standard InChI is InChI=1S/C23H24N10O/c24-20-8-18(14-5-15-3-4-16(6-14)32(15)23(34)21-25-11-27-31-21)29-22-17(10-28-33(20)22)12-1-2-13-9-26-30-19(13)7-12/h1-2,7-8,10-11,14-16,26,30H,3-6,9,24H2,(H,25,27,31)/t14?,15-,16+. The lowest BCUT2D eigenvalue weighted by Gasteiger charge is -2.38. The maximum Gasteiger partial charge on any atom is 0.291 e. The molecular weight excluding hydrogens is 432 g/mol. The van der Waals surface area contributed by atoms with Crippen molar-refractivity contribution in [1.29, 1.82) is 0 Å². The third-order valence-corrected chi connectivity index (χ3v) is 7.45. The normalized spacial score (nSPS) is 23.3. The second-order valence-corrected chi connectivity index (χ2v) is 9.35. The third kappa shape index (κ3) is 2.90. The molecule has 3 atom stereocenters. The minimum absolute atomic E-state index is 0.0656. The number of rotatable bonds is 3. The molecule has 1 amide bonds. The number of hydrogen-bond donors (Lipinski definition) is 4. The molecular formula is C23H24N10O. The van der Waals surface area contributed by atoms with Gasteiger partial charge in [-0.1, -0.05) is 12.1 Å². The molecule has 4 aromatic rings. The first kappa shape index (κ1) is 19.5. The first-order valence-corrected chi connectivity index (χ1v) is 11.6. The van der Waals surface area contributed by atoms with E-state index in [2.05, 4.69) is 49.3 Å². The molecule has 3 aliphatic heterocycles. The number of H-pyrrole nitrogens is 1. The molecule has 1 unspecified atom stereocenters. The fourth-order valence-corrected chi connectivity index (χ4v) is 5.85. The number of nitrogens with one attached hydrogen (secondary N) is 3. The molecule has 172 valence electrons. The Labute approximate surface area is 194 Å². The predicted octanol–water partition coefficient (Wildman–Crippen LogP) is 2.08. The molecule has 2 fully saturated rings. The van der Waals surface area contributed by atoms with Gasteiger partial charge in [-0.15, -0.1) is 0 Å². The minimum Gasteiger partial charge on any atom is -0.384 e. The maximum absolute atomic E-state index is 13.0. The Kier molecular flexibility index (Phi) is 4.16. The largest absolute Gasteiger partial charge is 0.384 e. The summed E-state index contributed by atoms with van der Waals surface area (Å²) in [5.41, 5.74) is 18.8. The van der Waals surface area contributed by atoms with Crippen LogP contribution >= 0.6 is 0 Å². The average Bonchev–Trinajstić information content (AvgIpc) is 3.64. The van der Waals surface area contributed by atoms with Gasteiger partial charge in [0.1, 0.15) is 12.1 Å². The summed E-state index contributed by atoms with van der Waals surface area (Å²) < 4.78 is 1.70. The second kappa shape index (κ2) is 7.26. The molecule has 3 aliphatic rings. The lowest BCUT2D eigenvalue weighted by molar-refractivity contribution is 0.0557. The molecule has 0 saturated carbocycles. The highest BCUT2D eigenvalue weighted by Crippen LogP contribution is 2.43. The highest BCUT2D eigenvalue weighted by Gasteiger charge is 2.45. The monoisotopic (exact) mass is 456 g/mol. The van der Waals surface area contributed by atoms with Gasteiger partial charge in [-0.25, -0.2) is 15.4 Å². The van der Waals surface area contributed by atoms with E-state index >= 15 is 0 Å². The lowest BCUT2D eigenvalue weighted by Crippen LogP contribution is -2.46. The van der Waals surface area contributed by atoms with Crippen LogP contribution < -0.4 is 16.6 Å². The molecule has 2 bridgehead atoms. The van der Waals surface area contributed by atoms with Gasteiger partial charge in [0, 0.05) is 41.9 Å². The van der Waals surface area contributed by atoms with Crippen molar-refractivity contribution in [2.45, 2.75) is 50.2 Å². The molecule has 0 radical (unpaired) electrons. The number of piperidine rings is 1. The number of carbonyl (C=O) groups excluding carboxylic acids is 1. The molecule has 34 heavy (non-hydrogen) atoms. The van der Waals surface area contributed by atoms with Crippen molar-refractivity contribution in [1.82, 2.24) is 40.1 Å². The Morgan fingerprint density at radius 3 is 2.79 bits per heavy atom. The Morgan fingerprint density at radius 2 is 2.00 bits per heavy atom. The van der Waals surface area contributed by atoms with Crippen LogP contribution in [0.2, 0.25) is 0 Å². The Bertz CT molecular complexity index is 1400. The molecule has 2 saturated heterocycles. The van der Waals surface area contributed by atoms with E-state index in [1.165, 1.54) is 11.9 Å². The molecule has 1 aromatic carbocycles. The number of benzene rings is 1. The van der Waals surface area contributed by atoms with Crippen LogP contribution in [-0.2, 0) is 6.54 Å². The number of carbonyl (C=O) groups is 1. The number of hydrazine groups is 1. The van der Waals surface area contributed by atoms with Gasteiger partial charge < -0.3 is 16.1 Å². The number of aromatic amines is 1. The summed E-state index contributed by atoms with van der Waals surface area (Å²) in [7, 11) is 0. The zero-order valence-corrected chi connectivity index (χ0v) is 18.4. The summed E-state index contributed by atoms with van der Waals surface area (Å²) in [6.07, 6.45) is 6.91. The average molecular weight is 457 g/mol. The number of hydrogen-bond acceptors (Lipinski definition) is 8. The summed E-state index contributed by atoms with van der Waals surface area (Å²) in [6.45, 7) is 0.805. The smallest absolute Gasteiger partial charge is 0.291 e. The molecule has 6 heterocycles. The van der Waals surface area contributed by atoms with Crippen molar-refractivity contribution in [2.24, 2.45) is 0 Å². The van der Waals surface area contributed by atoms with Crippen LogP contribution in [0, 0.1) is 0 Å². The molecule has 5 N–H and O–H groups in total. The highest BCUT2D eigenvalue weighted by atomic mass is 16.2. The SMILES string of the molecule is Nc1cc(C2C[C@H]3CC[C@@H](C2)N3C(=O)c2ncn[nH]2)nc2c(-c3ccc4c(c3)NNC4)cnn12. The van der Waals surface area contributed by atoms with Gasteiger partial charge in [-0.05, 0) is 42.9 Å². The number of nitrogens with zero attached hydrogens (tertiary/aromatic N) is 6. The van der Waals surface area contributed by atoms with E-state index in [-0.39, 0.29) is 23.9 Å². The Hall–Kier alpha value is -3.99. The summed E-state index contributed by atoms with van der Waals surface area (Å²) in [6, 6.07) is 8.61. The Balaban J connectivity index is 1.22. The zero-order valence-electron chi connectivity index (χ0n) is 18.4. The van der Waals surface area contributed by atoms with Crippen molar-refractivity contribution >= 4 is 23.1 Å². The van der Waals surface area contributed by atoms with E-state index in [9.17, 15) is 4.79 Å². The number of aromatic nitrogens is 6. The third-order valence-electron chi connectivity index (χ3n) is 7.45. The van der Waals surface area contributed by atoms with Crippen LogP contribution in [0.4, 0.5) is 11.5 Å². The molecule has 3 aromatic heterocycles. The van der Waals surface area contributed by atoms with Crippen molar-refractivity contribution in [3.8, 4) is 11.1 Å². The molecule has 11 nitrogen and oxygen atoms in total. The van der Waals surface area contributed by atoms with Crippen molar-refractivity contribution < 1.29 is 4.79 Å². The van der Waals surface area contributed by atoms with E-state index < -0.39 is 0 Å². The van der Waals surface area contributed by atoms with E-state index in [1.54, 1.807) is 4.52 Å². The van der Waals surface area contributed by atoms with Gasteiger partial charge in [0.2, 0.25) is 5.82 Å². The van der Waals surface area contributed by atoms with E-state index in [0.29, 0.717) is 11.6 Å². The fraction of sp³-hybridized carbons (Fsp3) is 0.348. The highest BCUT2D eigenvalue weighted by molar-refractivity contribution is 5.91. The number of amides is 1. The predicted molar refractivity (Wildman–Crippen MR) is 125 cm³/mol. The summed E-state index contributed by atoms with van der Waals surface area (Å²) in [4.78, 5) is 24.1. The van der Waals surface area contributed by atoms with Crippen molar-refractivity contribution in [3.63, 3.8) is 0 Å². The van der Waals surface area contributed by atoms with Crippen LogP contribution in [-0.4, -0.2) is 52.7 Å². The van der Waals surface area contributed by atoms with Crippen LogP contribution in [0.1, 0.15) is 53.5 Å². The minimum atomic E-state index is -0.0656. The molecule has 7 rings (SSSR count). The lowest BCUT2D eigenvalue weighted by atomic mass is 9.87. The van der Waals surface area contributed by atoms with Gasteiger partial charge in [-0.2, -0.15) is 14.7 Å². The number of nitrogens with two attached hydrogens (primary N) is 1. The van der Waals surface area contributed by atoms with Crippen molar-refractivity contribution in [2.75, 3.05) is 11.2 Å². The van der Waals surface area contributed by atoms with Crippen molar-refractivity contribution in [3.05, 3.63) is 53.9 Å². The van der Waals surface area contributed by atoms with Gasteiger partial charge in [0.25, 0.3) is 5.91 Å². The zero-order chi connectivity index (χ0) is 22.8. The summed E-state index contributed by atoms with van der Waals surface area (Å²) in [5, 5.41) is 11.0. The summed E-state index contributed by atoms with van der Waals surface area (Å²) in [5.74, 6) is 1.04. The number of fused-ring (bicyclic) bond motifs is 4. The first-order chi connectivity index (χ1) is 16.7. The van der Waals surface area contributed by atoms with Gasteiger partial charge >= 0.3 is 0 Å².